The summed E-state index contributed by atoms with van der Waals surface area (Å²) in [6, 6.07) is 19.2. The Morgan fingerprint density at radius 2 is 1.59 bits per heavy atom. The fourth-order valence-corrected chi connectivity index (χ4v) is 4.42. The number of nitrogens with zero attached hydrogens (tertiary/aromatic N) is 2. The maximum absolute atomic E-state index is 13.1. The molecule has 2 aromatic carbocycles. The van der Waals surface area contributed by atoms with E-state index in [1.165, 1.54) is 0 Å². The zero-order valence-corrected chi connectivity index (χ0v) is 16.1. The van der Waals surface area contributed by atoms with Gasteiger partial charge in [-0.1, -0.05) is 60.7 Å². The van der Waals surface area contributed by atoms with Crippen molar-refractivity contribution in [2.45, 2.75) is 18.9 Å². The van der Waals surface area contributed by atoms with Gasteiger partial charge in [0.2, 0.25) is 11.8 Å². The van der Waals surface area contributed by atoms with Crippen molar-refractivity contribution in [2.75, 3.05) is 19.6 Å². The highest BCUT2D eigenvalue weighted by atomic mass is 16.4. The van der Waals surface area contributed by atoms with Gasteiger partial charge >= 0.3 is 5.97 Å². The number of amides is 2. The van der Waals surface area contributed by atoms with E-state index in [9.17, 15) is 19.5 Å². The van der Waals surface area contributed by atoms with E-state index in [1.54, 1.807) is 9.80 Å². The molecule has 0 aliphatic carbocycles. The summed E-state index contributed by atoms with van der Waals surface area (Å²) in [7, 11) is 0. The Morgan fingerprint density at radius 1 is 0.931 bits per heavy atom. The summed E-state index contributed by atoms with van der Waals surface area (Å²) in [5, 5.41) is 9.66. The molecule has 6 nitrogen and oxygen atoms in total. The number of carbonyl (C=O) groups is 3. The van der Waals surface area contributed by atoms with Gasteiger partial charge in [-0.15, -0.1) is 0 Å². The van der Waals surface area contributed by atoms with E-state index < -0.39 is 17.8 Å². The summed E-state index contributed by atoms with van der Waals surface area (Å²) in [6.45, 7) is 1.45. The van der Waals surface area contributed by atoms with Crippen LogP contribution < -0.4 is 0 Å². The third kappa shape index (κ3) is 4.01. The van der Waals surface area contributed by atoms with Gasteiger partial charge in [0.15, 0.2) is 0 Å². The molecule has 3 unspecified atom stereocenters. The molecular formula is C23H24N2O4. The van der Waals surface area contributed by atoms with E-state index in [0.717, 1.165) is 11.1 Å². The van der Waals surface area contributed by atoms with E-state index >= 15 is 0 Å². The van der Waals surface area contributed by atoms with Crippen molar-refractivity contribution in [3.63, 3.8) is 0 Å². The number of benzene rings is 2. The van der Waals surface area contributed by atoms with Crippen LogP contribution in [0.15, 0.2) is 60.7 Å². The summed E-state index contributed by atoms with van der Waals surface area (Å²) in [4.78, 5) is 40.7. The van der Waals surface area contributed by atoms with Crippen LogP contribution in [0.2, 0.25) is 0 Å². The summed E-state index contributed by atoms with van der Waals surface area (Å²) in [5.74, 6) is -2.29. The quantitative estimate of drug-likeness (QED) is 0.847. The van der Waals surface area contributed by atoms with Crippen LogP contribution in [0.5, 0.6) is 0 Å². The van der Waals surface area contributed by atoms with E-state index in [2.05, 4.69) is 0 Å². The number of likely N-dealkylation sites (tertiary alicyclic amines) is 2. The molecule has 2 aliphatic heterocycles. The second kappa shape index (κ2) is 8.07. The first kappa shape index (κ1) is 19.2. The van der Waals surface area contributed by atoms with Crippen molar-refractivity contribution in [3.8, 4) is 0 Å². The number of rotatable bonds is 5. The smallest absolute Gasteiger partial charge is 0.308 e. The second-order valence-corrected chi connectivity index (χ2v) is 7.87. The molecule has 29 heavy (non-hydrogen) atoms. The van der Waals surface area contributed by atoms with E-state index in [1.807, 2.05) is 60.7 Å². The Bertz CT molecular complexity index is 900. The van der Waals surface area contributed by atoms with Crippen molar-refractivity contribution in [3.05, 3.63) is 71.8 Å². The van der Waals surface area contributed by atoms with Crippen LogP contribution in [0.1, 0.15) is 23.5 Å². The average Bonchev–Trinajstić information content (AvgIpc) is 3.34. The third-order valence-electron chi connectivity index (χ3n) is 5.96. The minimum absolute atomic E-state index is 0.0270. The first-order valence-corrected chi connectivity index (χ1v) is 9.91. The predicted molar refractivity (Wildman–Crippen MR) is 107 cm³/mol. The van der Waals surface area contributed by atoms with Crippen LogP contribution in [0, 0.1) is 11.8 Å². The molecule has 0 bridgehead atoms. The van der Waals surface area contributed by atoms with Gasteiger partial charge < -0.3 is 14.9 Å². The summed E-state index contributed by atoms with van der Waals surface area (Å²) < 4.78 is 0. The maximum atomic E-state index is 13.1. The highest BCUT2D eigenvalue weighted by molar-refractivity contribution is 5.90. The molecule has 2 fully saturated rings. The van der Waals surface area contributed by atoms with Crippen LogP contribution in [-0.4, -0.2) is 52.3 Å². The normalized spacial score (nSPS) is 24.1. The number of carboxylic acids is 1. The van der Waals surface area contributed by atoms with Gasteiger partial charge in [-0.3, -0.25) is 14.4 Å². The molecule has 2 saturated heterocycles. The molecule has 0 saturated carbocycles. The van der Waals surface area contributed by atoms with Crippen LogP contribution in [0.25, 0.3) is 0 Å². The number of aliphatic carboxylic acids is 1. The second-order valence-electron chi connectivity index (χ2n) is 7.87. The lowest BCUT2D eigenvalue weighted by Gasteiger charge is -2.21. The first-order chi connectivity index (χ1) is 14.0. The SMILES string of the molecule is O=C(O)C1CN(C(=O)C2CC(=O)N(Cc3ccccc3)C2)CC1c1ccccc1. The summed E-state index contributed by atoms with van der Waals surface area (Å²) >= 11 is 0. The summed E-state index contributed by atoms with van der Waals surface area (Å²) in [5.41, 5.74) is 1.97. The van der Waals surface area contributed by atoms with Gasteiger partial charge in [0.05, 0.1) is 11.8 Å². The van der Waals surface area contributed by atoms with Gasteiger partial charge in [-0.05, 0) is 11.1 Å². The minimum atomic E-state index is -0.887. The molecule has 2 aliphatic rings. The van der Waals surface area contributed by atoms with Crippen molar-refractivity contribution >= 4 is 17.8 Å². The van der Waals surface area contributed by atoms with Crippen LogP contribution in [-0.2, 0) is 20.9 Å². The first-order valence-electron chi connectivity index (χ1n) is 9.91. The minimum Gasteiger partial charge on any atom is -0.481 e. The largest absolute Gasteiger partial charge is 0.481 e. The van der Waals surface area contributed by atoms with Gasteiger partial charge in [0, 0.05) is 38.5 Å². The maximum Gasteiger partial charge on any atom is 0.308 e. The Kier molecular flexibility index (Phi) is 5.34. The number of carbonyl (C=O) groups excluding carboxylic acids is 2. The molecule has 150 valence electrons. The Morgan fingerprint density at radius 3 is 2.24 bits per heavy atom. The van der Waals surface area contributed by atoms with Gasteiger partial charge in [-0.25, -0.2) is 0 Å². The molecule has 0 aromatic heterocycles. The monoisotopic (exact) mass is 392 g/mol. The molecule has 2 heterocycles. The highest BCUT2D eigenvalue weighted by Crippen LogP contribution is 2.34. The lowest BCUT2D eigenvalue weighted by molar-refractivity contribution is -0.142. The molecule has 2 amide bonds. The Balaban J connectivity index is 1.44. The van der Waals surface area contributed by atoms with Gasteiger partial charge in [0.1, 0.15) is 0 Å². The van der Waals surface area contributed by atoms with Gasteiger partial charge in [0.25, 0.3) is 0 Å². The standard InChI is InChI=1S/C23H24N2O4/c26-21-11-18(13-24(21)12-16-7-3-1-4-8-16)22(27)25-14-19(20(15-25)23(28)29)17-9-5-2-6-10-17/h1-10,18-20H,11-15H2,(H,28,29). The fraction of sp³-hybridized carbons (Fsp3) is 0.348. The Labute approximate surface area is 169 Å². The number of carboxylic acid groups (broad SMARTS) is 1. The number of hydrogen-bond acceptors (Lipinski definition) is 3. The van der Waals surface area contributed by atoms with Crippen LogP contribution in [0.4, 0.5) is 0 Å². The van der Waals surface area contributed by atoms with Crippen molar-refractivity contribution < 1.29 is 19.5 Å². The van der Waals surface area contributed by atoms with Gasteiger partial charge in [-0.2, -0.15) is 0 Å². The molecule has 2 aromatic rings. The molecule has 0 radical (unpaired) electrons. The lowest BCUT2D eigenvalue weighted by Crippen LogP contribution is -2.36. The Hall–Kier alpha value is -3.15. The zero-order valence-electron chi connectivity index (χ0n) is 16.1. The lowest BCUT2D eigenvalue weighted by atomic mass is 9.89. The third-order valence-corrected chi connectivity index (χ3v) is 5.96. The molecule has 0 spiro atoms. The van der Waals surface area contributed by atoms with E-state index in [-0.39, 0.29) is 30.7 Å². The van der Waals surface area contributed by atoms with Crippen LogP contribution >= 0.6 is 0 Å². The summed E-state index contributed by atoms with van der Waals surface area (Å²) in [6.07, 6.45) is 0.190. The molecule has 6 heteroatoms. The zero-order chi connectivity index (χ0) is 20.4. The van der Waals surface area contributed by atoms with Crippen molar-refractivity contribution in [1.82, 2.24) is 9.80 Å². The molecule has 3 atom stereocenters. The number of hydrogen-bond donors (Lipinski definition) is 1. The average molecular weight is 392 g/mol. The fourth-order valence-electron chi connectivity index (χ4n) is 4.42. The van der Waals surface area contributed by atoms with Crippen molar-refractivity contribution in [1.29, 1.82) is 0 Å². The van der Waals surface area contributed by atoms with Crippen LogP contribution in [0.3, 0.4) is 0 Å². The van der Waals surface area contributed by atoms with Crippen molar-refractivity contribution in [2.24, 2.45) is 11.8 Å². The topological polar surface area (TPSA) is 77.9 Å². The highest BCUT2D eigenvalue weighted by Gasteiger charge is 2.44. The predicted octanol–water partition coefficient (Wildman–Crippen LogP) is 2.36. The molecular weight excluding hydrogens is 368 g/mol. The molecule has 1 N–H and O–H groups in total. The molecule has 4 rings (SSSR count). The van der Waals surface area contributed by atoms with E-state index in [0.29, 0.717) is 19.6 Å². The van der Waals surface area contributed by atoms with E-state index in [4.69, 9.17) is 0 Å².